The molecule has 0 radical (unpaired) electrons. The van der Waals surface area contributed by atoms with Gasteiger partial charge in [0.15, 0.2) is 11.5 Å². The number of tetrazole rings is 1. The van der Waals surface area contributed by atoms with Gasteiger partial charge in [-0.1, -0.05) is 0 Å². The normalized spacial score (nSPS) is 18.9. The van der Waals surface area contributed by atoms with Crippen molar-refractivity contribution in [3.63, 3.8) is 0 Å². The number of aliphatic hydroxyl groups is 1. The quantitative estimate of drug-likeness (QED) is 0.755. The van der Waals surface area contributed by atoms with E-state index in [0.29, 0.717) is 24.7 Å². The molecular formula is C10H14N6O2. The zero-order chi connectivity index (χ0) is 12.4. The van der Waals surface area contributed by atoms with Gasteiger partial charge < -0.3 is 15.2 Å². The first-order valence-corrected chi connectivity index (χ1v) is 5.82. The fourth-order valence-corrected chi connectivity index (χ4v) is 2.12. The van der Waals surface area contributed by atoms with Crippen LogP contribution in [-0.4, -0.2) is 55.5 Å². The van der Waals surface area contributed by atoms with Gasteiger partial charge in [0, 0.05) is 13.2 Å². The third-order valence-electron chi connectivity index (χ3n) is 3.25. The topological polar surface area (TPSA) is 97.5 Å². The maximum absolute atomic E-state index is 9.63. The first-order chi connectivity index (χ1) is 8.83. The Balaban J connectivity index is 1.92. The van der Waals surface area contributed by atoms with E-state index in [0.717, 1.165) is 12.8 Å². The van der Waals surface area contributed by atoms with Gasteiger partial charge in [-0.15, -0.1) is 5.10 Å². The second kappa shape index (κ2) is 4.46. The molecule has 8 nitrogen and oxygen atoms in total. The fourth-order valence-electron chi connectivity index (χ4n) is 2.12. The molecule has 2 aromatic rings. The molecule has 3 rings (SSSR count). The average Bonchev–Trinajstić information content (AvgIpc) is 2.89. The van der Waals surface area contributed by atoms with Gasteiger partial charge in [0.2, 0.25) is 0 Å². The Morgan fingerprint density at radius 2 is 2.22 bits per heavy atom. The van der Waals surface area contributed by atoms with E-state index < -0.39 is 0 Å². The minimum absolute atomic E-state index is 0.0366. The zero-order valence-corrected chi connectivity index (χ0v) is 9.78. The number of rotatable bonds is 3. The van der Waals surface area contributed by atoms with E-state index in [2.05, 4.69) is 25.8 Å². The fraction of sp³-hybridized carbons (Fsp3) is 0.600. The van der Waals surface area contributed by atoms with Crippen LogP contribution < -0.4 is 5.32 Å². The van der Waals surface area contributed by atoms with Crippen molar-refractivity contribution in [2.45, 2.75) is 18.4 Å². The Morgan fingerprint density at radius 3 is 3.00 bits per heavy atom. The number of nitrogens with zero attached hydrogens (tertiary/aromatic N) is 5. The van der Waals surface area contributed by atoms with Gasteiger partial charge in [0.05, 0.1) is 24.5 Å². The van der Waals surface area contributed by atoms with Gasteiger partial charge in [0.1, 0.15) is 0 Å². The molecule has 1 aliphatic rings. The molecule has 0 aliphatic carbocycles. The van der Waals surface area contributed by atoms with Crippen molar-refractivity contribution >= 4 is 11.5 Å². The molecule has 0 bridgehead atoms. The first kappa shape index (κ1) is 11.3. The predicted octanol–water partition coefficient (Wildman–Crippen LogP) is -0.527. The standard InChI is InChI=1S/C10H14N6O2/c17-7-10(1-3-18-4-2-10)12-8-5-11-6-9-13-14-15-16(8)9/h5-6,12,17H,1-4,7H2. The smallest absolute Gasteiger partial charge is 0.199 e. The Morgan fingerprint density at radius 1 is 1.39 bits per heavy atom. The molecule has 0 atom stereocenters. The Kier molecular flexibility index (Phi) is 2.80. The highest BCUT2D eigenvalue weighted by Crippen LogP contribution is 2.25. The van der Waals surface area contributed by atoms with Crippen LogP contribution in [0.15, 0.2) is 12.4 Å². The van der Waals surface area contributed by atoms with Crippen LogP contribution in [0.5, 0.6) is 0 Å². The largest absolute Gasteiger partial charge is 0.394 e. The number of hydrogen-bond acceptors (Lipinski definition) is 7. The molecule has 0 aromatic carbocycles. The van der Waals surface area contributed by atoms with Gasteiger partial charge in [-0.3, -0.25) is 4.98 Å². The average molecular weight is 250 g/mol. The van der Waals surface area contributed by atoms with E-state index in [1.165, 1.54) is 0 Å². The van der Waals surface area contributed by atoms with Crippen molar-refractivity contribution in [2.24, 2.45) is 0 Å². The lowest BCUT2D eigenvalue weighted by molar-refractivity contribution is 0.0377. The minimum atomic E-state index is -0.389. The molecule has 8 heteroatoms. The number of ether oxygens (including phenoxy) is 1. The van der Waals surface area contributed by atoms with Gasteiger partial charge in [0.25, 0.3) is 0 Å². The highest BCUT2D eigenvalue weighted by atomic mass is 16.5. The van der Waals surface area contributed by atoms with Gasteiger partial charge in [-0.05, 0) is 23.3 Å². The van der Waals surface area contributed by atoms with Crippen LogP contribution >= 0.6 is 0 Å². The Bertz CT molecular complexity index is 536. The van der Waals surface area contributed by atoms with E-state index in [-0.39, 0.29) is 12.1 Å². The summed E-state index contributed by atoms with van der Waals surface area (Å²) in [5, 5.41) is 24.2. The van der Waals surface area contributed by atoms with Crippen LogP contribution in [0.1, 0.15) is 12.8 Å². The second-order valence-electron chi connectivity index (χ2n) is 4.42. The maximum Gasteiger partial charge on any atom is 0.199 e. The molecule has 1 aliphatic heterocycles. The van der Waals surface area contributed by atoms with Gasteiger partial charge in [-0.25, -0.2) is 0 Å². The number of fused-ring (bicyclic) bond motifs is 1. The lowest BCUT2D eigenvalue weighted by Crippen LogP contribution is -2.47. The van der Waals surface area contributed by atoms with Crippen LogP contribution in [0.4, 0.5) is 5.82 Å². The monoisotopic (exact) mass is 250 g/mol. The SMILES string of the molecule is OCC1(Nc2cncc3nnnn23)CCOCC1. The molecule has 0 unspecified atom stereocenters. The summed E-state index contributed by atoms with van der Waals surface area (Å²) in [5.41, 5.74) is 0.181. The van der Waals surface area contributed by atoms with Crippen LogP contribution in [-0.2, 0) is 4.74 Å². The number of aromatic nitrogens is 5. The van der Waals surface area contributed by atoms with Gasteiger partial charge in [-0.2, -0.15) is 4.52 Å². The lowest BCUT2D eigenvalue weighted by Gasteiger charge is -2.36. The molecule has 2 N–H and O–H groups in total. The summed E-state index contributed by atoms with van der Waals surface area (Å²) >= 11 is 0. The molecule has 18 heavy (non-hydrogen) atoms. The van der Waals surface area contributed by atoms with Crippen LogP contribution in [0.3, 0.4) is 0 Å². The molecule has 0 spiro atoms. The summed E-state index contributed by atoms with van der Waals surface area (Å²) in [6.45, 7) is 1.30. The van der Waals surface area contributed by atoms with Crippen molar-refractivity contribution in [3.8, 4) is 0 Å². The lowest BCUT2D eigenvalue weighted by atomic mass is 9.91. The third kappa shape index (κ3) is 1.89. The maximum atomic E-state index is 9.63. The van der Waals surface area contributed by atoms with E-state index in [4.69, 9.17) is 4.74 Å². The van der Waals surface area contributed by atoms with Crippen molar-refractivity contribution in [3.05, 3.63) is 12.4 Å². The molecule has 1 saturated heterocycles. The summed E-state index contributed by atoms with van der Waals surface area (Å²) in [7, 11) is 0. The first-order valence-electron chi connectivity index (χ1n) is 5.82. The molecule has 3 heterocycles. The van der Waals surface area contributed by atoms with Crippen molar-refractivity contribution in [1.82, 2.24) is 25.0 Å². The summed E-state index contributed by atoms with van der Waals surface area (Å²) in [5.74, 6) is 0.674. The Labute approximate surface area is 103 Å². The van der Waals surface area contributed by atoms with E-state index in [9.17, 15) is 5.11 Å². The molecular weight excluding hydrogens is 236 g/mol. The van der Waals surface area contributed by atoms with Crippen molar-refractivity contribution < 1.29 is 9.84 Å². The molecule has 1 fully saturated rings. The van der Waals surface area contributed by atoms with E-state index >= 15 is 0 Å². The van der Waals surface area contributed by atoms with Crippen LogP contribution in [0, 0.1) is 0 Å². The van der Waals surface area contributed by atoms with Crippen molar-refractivity contribution in [2.75, 3.05) is 25.1 Å². The zero-order valence-electron chi connectivity index (χ0n) is 9.78. The number of nitrogens with one attached hydrogen (secondary N) is 1. The highest BCUT2D eigenvalue weighted by Gasteiger charge is 2.32. The van der Waals surface area contributed by atoms with E-state index in [1.54, 1.807) is 16.9 Å². The van der Waals surface area contributed by atoms with Crippen LogP contribution in [0.25, 0.3) is 5.65 Å². The summed E-state index contributed by atoms with van der Waals surface area (Å²) in [4.78, 5) is 4.08. The molecule has 0 amide bonds. The molecule has 0 saturated carbocycles. The van der Waals surface area contributed by atoms with Gasteiger partial charge >= 0.3 is 0 Å². The highest BCUT2D eigenvalue weighted by molar-refractivity contribution is 5.45. The molecule has 2 aromatic heterocycles. The second-order valence-corrected chi connectivity index (χ2v) is 4.42. The number of aliphatic hydroxyl groups excluding tert-OH is 1. The summed E-state index contributed by atoms with van der Waals surface area (Å²) < 4.78 is 6.89. The number of hydrogen-bond donors (Lipinski definition) is 2. The number of anilines is 1. The van der Waals surface area contributed by atoms with E-state index in [1.807, 2.05) is 0 Å². The molecule has 96 valence electrons. The summed E-state index contributed by atoms with van der Waals surface area (Å²) in [6, 6.07) is 0. The predicted molar refractivity (Wildman–Crippen MR) is 62.1 cm³/mol. The van der Waals surface area contributed by atoms with Crippen LogP contribution in [0.2, 0.25) is 0 Å². The minimum Gasteiger partial charge on any atom is -0.394 e. The van der Waals surface area contributed by atoms with Crippen molar-refractivity contribution in [1.29, 1.82) is 0 Å². The Hall–Kier alpha value is -1.80. The third-order valence-corrected chi connectivity index (χ3v) is 3.25. The summed E-state index contributed by atoms with van der Waals surface area (Å²) in [6.07, 6.45) is 4.71.